The number of benzene rings is 2. The molecule has 0 unspecified atom stereocenters. The van der Waals surface area contributed by atoms with Crippen molar-refractivity contribution >= 4 is 50.7 Å². The summed E-state index contributed by atoms with van der Waals surface area (Å²) in [6, 6.07) is 11.1. The average Bonchev–Trinajstić information content (AvgIpc) is 2.86. The number of halogens is 2. The molecule has 0 heterocycles. The number of nitrogens with zero attached hydrogens (tertiary/aromatic N) is 2. The Balaban J connectivity index is 2.29. The van der Waals surface area contributed by atoms with Crippen LogP contribution in [-0.2, 0) is 26.2 Å². The van der Waals surface area contributed by atoms with E-state index in [1.54, 1.807) is 42.5 Å². The fourth-order valence-corrected chi connectivity index (χ4v) is 5.50. The lowest BCUT2D eigenvalue weighted by Gasteiger charge is -2.32. The van der Waals surface area contributed by atoms with Crippen molar-refractivity contribution in [3.05, 3.63) is 58.1 Å². The van der Waals surface area contributed by atoms with Crippen LogP contribution < -0.4 is 14.4 Å². The number of carbonyl (C=O) groups excluding carboxylic acids is 2. The number of methoxy groups -OCH3 is 1. The number of sulfonamides is 1. The first-order valence-electron chi connectivity index (χ1n) is 12.5. The summed E-state index contributed by atoms with van der Waals surface area (Å²) in [5.41, 5.74) is 0.940. The van der Waals surface area contributed by atoms with E-state index in [-0.39, 0.29) is 43.7 Å². The number of nitrogens with one attached hydrogen (secondary N) is 1. The van der Waals surface area contributed by atoms with Crippen LogP contribution in [0.4, 0.5) is 5.69 Å². The van der Waals surface area contributed by atoms with E-state index >= 15 is 0 Å². The summed E-state index contributed by atoms with van der Waals surface area (Å²) in [6.45, 7) is 6.40. The fraction of sp³-hybridized carbons (Fsp3) is 0.481. The Morgan fingerprint density at radius 3 is 2.24 bits per heavy atom. The highest BCUT2D eigenvalue weighted by Crippen LogP contribution is 2.30. The number of hydrogen-bond donors (Lipinski definition) is 1. The number of rotatable bonds is 14. The molecule has 1 N–H and O–H groups in total. The Hall–Kier alpha value is -2.49. The second-order valence-corrected chi connectivity index (χ2v) is 12.1. The van der Waals surface area contributed by atoms with Gasteiger partial charge in [-0.15, -0.1) is 0 Å². The zero-order chi connectivity index (χ0) is 28.5. The van der Waals surface area contributed by atoms with Crippen molar-refractivity contribution in [1.82, 2.24) is 10.2 Å². The van der Waals surface area contributed by atoms with Gasteiger partial charge in [0.05, 0.1) is 19.1 Å². The molecule has 38 heavy (non-hydrogen) atoms. The SMILES string of the molecule is CC[C@@H](C(=O)NCC(C)C)N(Cc1c(Cl)cccc1Cl)C(=O)CCCN(c1ccccc1OC)S(C)(=O)=O. The lowest BCUT2D eigenvalue weighted by molar-refractivity contribution is -0.141. The first-order chi connectivity index (χ1) is 17.9. The predicted molar refractivity (Wildman–Crippen MR) is 153 cm³/mol. The maximum atomic E-state index is 13.6. The van der Waals surface area contributed by atoms with Crippen molar-refractivity contribution in [1.29, 1.82) is 0 Å². The highest BCUT2D eigenvalue weighted by molar-refractivity contribution is 7.92. The van der Waals surface area contributed by atoms with Crippen molar-refractivity contribution in [2.75, 3.05) is 30.8 Å². The lowest BCUT2D eigenvalue weighted by Crippen LogP contribution is -2.49. The fourth-order valence-electron chi connectivity index (χ4n) is 4.01. The molecule has 2 rings (SSSR count). The van der Waals surface area contributed by atoms with Crippen LogP contribution >= 0.6 is 23.2 Å². The summed E-state index contributed by atoms with van der Waals surface area (Å²) in [6.07, 6.45) is 1.73. The third-order valence-electron chi connectivity index (χ3n) is 5.97. The van der Waals surface area contributed by atoms with E-state index < -0.39 is 16.1 Å². The molecule has 2 amide bonds. The van der Waals surface area contributed by atoms with Gasteiger partial charge in [-0.05, 0) is 43.0 Å². The minimum absolute atomic E-state index is 0.0111. The molecule has 1 atom stereocenters. The molecule has 0 spiro atoms. The van der Waals surface area contributed by atoms with Gasteiger partial charge < -0.3 is 15.0 Å². The molecule has 8 nitrogen and oxygen atoms in total. The zero-order valence-electron chi connectivity index (χ0n) is 22.5. The number of amides is 2. The van der Waals surface area contributed by atoms with Crippen LogP contribution in [0.3, 0.4) is 0 Å². The van der Waals surface area contributed by atoms with E-state index in [9.17, 15) is 18.0 Å². The van der Waals surface area contributed by atoms with E-state index in [0.29, 0.717) is 40.0 Å². The Labute approximate surface area is 236 Å². The lowest BCUT2D eigenvalue weighted by atomic mass is 10.1. The quantitative estimate of drug-likeness (QED) is 0.331. The van der Waals surface area contributed by atoms with E-state index in [4.69, 9.17) is 27.9 Å². The maximum absolute atomic E-state index is 13.6. The van der Waals surface area contributed by atoms with Crippen LogP contribution in [0.2, 0.25) is 10.0 Å². The Morgan fingerprint density at radius 1 is 1.05 bits per heavy atom. The van der Waals surface area contributed by atoms with E-state index in [1.807, 2.05) is 20.8 Å². The summed E-state index contributed by atoms with van der Waals surface area (Å²) in [4.78, 5) is 28.1. The van der Waals surface area contributed by atoms with Gasteiger partial charge >= 0.3 is 0 Å². The van der Waals surface area contributed by atoms with Crippen LogP contribution in [0.5, 0.6) is 5.75 Å². The first kappa shape index (κ1) is 31.7. The number of ether oxygens (including phenoxy) is 1. The Kier molecular flexibility index (Phi) is 12.2. The molecule has 0 bridgehead atoms. The molecule has 0 fully saturated rings. The Morgan fingerprint density at radius 2 is 1.68 bits per heavy atom. The third kappa shape index (κ3) is 8.78. The topological polar surface area (TPSA) is 96.0 Å². The van der Waals surface area contributed by atoms with Crippen molar-refractivity contribution in [2.45, 2.75) is 52.6 Å². The molecule has 2 aromatic rings. The van der Waals surface area contributed by atoms with Gasteiger partial charge in [0.25, 0.3) is 0 Å². The van der Waals surface area contributed by atoms with E-state index in [1.165, 1.54) is 16.3 Å². The standard InChI is InChI=1S/C27H37Cl2N3O5S/c1-6-23(27(34)30-17-19(2)3)31(18-20-21(28)11-9-12-22(20)29)26(33)15-10-16-32(38(5,35)36)24-13-7-8-14-25(24)37-4/h7-9,11-14,19,23H,6,10,15-18H2,1-5H3,(H,30,34)/t23-/m0/s1. The highest BCUT2D eigenvalue weighted by atomic mass is 35.5. The molecular formula is C27H37Cl2N3O5S. The van der Waals surface area contributed by atoms with Crippen molar-refractivity contribution in [3.63, 3.8) is 0 Å². The van der Waals surface area contributed by atoms with Crippen LogP contribution in [0.1, 0.15) is 45.6 Å². The van der Waals surface area contributed by atoms with Gasteiger partial charge in [0.1, 0.15) is 11.8 Å². The molecule has 2 aromatic carbocycles. The number of carbonyl (C=O) groups is 2. The maximum Gasteiger partial charge on any atom is 0.242 e. The normalized spacial score (nSPS) is 12.2. The van der Waals surface area contributed by atoms with Crippen LogP contribution in [0, 0.1) is 5.92 Å². The second kappa shape index (κ2) is 14.6. The molecule has 11 heteroatoms. The van der Waals surface area contributed by atoms with Gasteiger partial charge in [0.15, 0.2) is 0 Å². The molecule has 0 aliphatic carbocycles. The molecule has 0 aliphatic rings. The van der Waals surface area contributed by atoms with Gasteiger partial charge in [0, 0.05) is 41.7 Å². The smallest absolute Gasteiger partial charge is 0.242 e. The molecule has 0 saturated carbocycles. The summed E-state index contributed by atoms with van der Waals surface area (Å²) in [5.74, 6) is 0.0909. The van der Waals surface area contributed by atoms with Gasteiger partial charge in [-0.1, -0.05) is 62.2 Å². The van der Waals surface area contributed by atoms with Crippen LogP contribution in [-0.4, -0.2) is 57.6 Å². The average molecular weight is 587 g/mol. The predicted octanol–water partition coefficient (Wildman–Crippen LogP) is 5.13. The molecule has 0 aliphatic heterocycles. The number of anilines is 1. The van der Waals surface area contributed by atoms with Gasteiger partial charge in [-0.25, -0.2) is 8.42 Å². The van der Waals surface area contributed by atoms with Crippen molar-refractivity contribution < 1.29 is 22.7 Å². The van der Waals surface area contributed by atoms with Gasteiger partial charge in [0.2, 0.25) is 21.8 Å². The first-order valence-corrected chi connectivity index (χ1v) is 15.1. The minimum atomic E-state index is -3.65. The highest BCUT2D eigenvalue weighted by Gasteiger charge is 2.30. The van der Waals surface area contributed by atoms with Gasteiger partial charge in [-0.3, -0.25) is 13.9 Å². The number of hydrogen-bond acceptors (Lipinski definition) is 5. The Bertz CT molecular complexity index is 1190. The van der Waals surface area contributed by atoms with Crippen molar-refractivity contribution in [3.8, 4) is 5.75 Å². The monoisotopic (exact) mass is 585 g/mol. The number of para-hydroxylation sites is 2. The van der Waals surface area contributed by atoms with Crippen LogP contribution in [0.15, 0.2) is 42.5 Å². The summed E-state index contributed by atoms with van der Waals surface area (Å²) >= 11 is 12.8. The summed E-state index contributed by atoms with van der Waals surface area (Å²) < 4.78 is 31.7. The molecule has 0 aromatic heterocycles. The molecule has 0 saturated heterocycles. The molecular weight excluding hydrogens is 549 g/mol. The van der Waals surface area contributed by atoms with E-state index in [0.717, 1.165) is 6.26 Å². The van der Waals surface area contributed by atoms with Gasteiger partial charge in [-0.2, -0.15) is 0 Å². The third-order valence-corrected chi connectivity index (χ3v) is 7.85. The molecule has 0 radical (unpaired) electrons. The van der Waals surface area contributed by atoms with E-state index in [2.05, 4.69) is 5.32 Å². The molecule has 210 valence electrons. The summed E-state index contributed by atoms with van der Waals surface area (Å²) in [5, 5.41) is 3.70. The van der Waals surface area contributed by atoms with Crippen LogP contribution in [0.25, 0.3) is 0 Å². The second-order valence-electron chi connectivity index (χ2n) is 9.40. The van der Waals surface area contributed by atoms with Crippen molar-refractivity contribution in [2.24, 2.45) is 5.92 Å². The largest absolute Gasteiger partial charge is 0.495 e. The zero-order valence-corrected chi connectivity index (χ0v) is 24.9. The minimum Gasteiger partial charge on any atom is -0.495 e. The summed E-state index contributed by atoms with van der Waals surface area (Å²) in [7, 11) is -2.18.